The average Bonchev–Trinajstić information content (AvgIpc) is 3.50. The first kappa shape index (κ1) is 19.3. The summed E-state index contributed by atoms with van der Waals surface area (Å²) < 4.78 is 5.60. The fourth-order valence-electron chi connectivity index (χ4n) is 3.58. The number of hydrogen-bond donors (Lipinski definition) is 2. The predicted octanol–water partition coefficient (Wildman–Crippen LogP) is 3.06. The van der Waals surface area contributed by atoms with Gasteiger partial charge in [-0.3, -0.25) is 9.59 Å². The van der Waals surface area contributed by atoms with Crippen molar-refractivity contribution in [1.82, 2.24) is 5.32 Å². The maximum atomic E-state index is 12.2. The molecular formula is C23H27N3O3. The number of carbonyl (C=O) groups is 2. The van der Waals surface area contributed by atoms with E-state index in [0.717, 1.165) is 32.4 Å². The van der Waals surface area contributed by atoms with Crippen LogP contribution in [0.5, 0.6) is 5.75 Å². The van der Waals surface area contributed by atoms with Crippen molar-refractivity contribution in [2.45, 2.75) is 19.3 Å². The molecule has 1 saturated heterocycles. The molecule has 1 saturated carbocycles. The molecule has 0 spiro atoms. The van der Waals surface area contributed by atoms with Gasteiger partial charge < -0.3 is 20.3 Å². The zero-order valence-corrected chi connectivity index (χ0v) is 16.5. The first-order chi connectivity index (χ1) is 14.2. The summed E-state index contributed by atoms with van der Waals surface area (Å²) >= 11 is 0. The van der Waals surface area contributed by atoms with Crippen LogP contribution in [-0.4, -0.2) is 38.1 Å². The van der Waals surface area contributed by atoms with Gasteiger partial charge in [-0.1, -0.05) is 24.3 Å². The summed E-state index contributed by atoms with van der Waals surface area (Å²) in [5, 5.41) is 5.86. The maximum absolute atomic E-state index is 12.2. The molecule has 0 aromatic heterocycles. The van der Waals surface area contributed by atoms with Crippen LogP contribution in [0.25, 0.3) is 0 Å². The number of anilines is 2. The predicted molar refractivity (Wildman–Crippen MR) is 113 cm³/mol. The molecule has 2 aromatic rings. The second kappa shape index (κ2) is 8.99. The lowest BCUT2D eigenvalue weighted by Crippen LogP contribution is -2.34. The summed E-state index contributed by atoms with van der Waals surface area (Å²) in [5.41, 5.74) is 1.94. The lowest BCUT2D eigenvalue weighted by atomic mass is 10.1. The van der Waals surface area contributed by atoms with Gasteiger partial charge in [-0.2, -0.15) is 0 Å². The molecule has 1 heterocycles. The number of nitrogens with zero attached hydrogens (tertiary/aromatic N) is 1. The number of ether oxygens (including phenoxy) is 1. The maximum Gasteiger partial charge on any atom is 0.257 e. The highest BCUT2D eigenvalue weighted by Gasteiger charge is 2.29. The first-order valence-electron chi connectivity index (χ1n) is 10.3. The monoisotopic (exact) mass is 393 g/mol. The van der Waals surface area contributed by atoms with E-state index >= 15 is 0 Å². The van der Waals surface area contributed by atoms with Crippen molar-refractivity contribution in [3.8, 4) is 5.75 Å². The van der Waals surface area contributed by atoms with Crippen molar-refractivity contribution in [1.29, 1.82) is 0 Å². The largest absolute Gasteiger partial charge is 0.484 e. The van der Waals surface area contributed by atoms with E-state index in [4.69, 9.17) is 4.74 Å². The molecule has 2 amide bonds. The second-order valence-corrected chi connectivity index (χ2v) is 7.82. The topological polar surface area (TPSA) is 70.7 Å². The van der Waals surface area contributed by atoms with Gasteiger partial charge in [0.25, 0.3) is 5.91 Å². The molecule has 2 fully saturated rings. The van der Waals surface area contributed by atoms with Crippen LogP contribution >= 0.6 is 0 Å². The number of benzene rings is 2. The molecule has 6 heteroatoms. The molecule has 2 N–H and O–H groups in total. The summed E-state index contributed by atoms with van der Waals surface area (Å²) in [4.78, 5) is 26.4. The molecular weight excluding hydrogens is 366 g/mol. The highest BCUT2D eigenvalue weighted by Crippen LogP contribution is 2.30. The van der Waals surface area contributed by atoms with Crippen LogP contribution in [0.15, 0.2) is 54.6 Å². The molecule has 1 unspecified atom stereocenters. The highest BCUT2D eigenvalue weighted by atomic mass is 16.5. The van der Waals surface area contributed by atoms with E-state index in [1.54, 1.807) is 12.1 Å². The van der Waals surface area contributed by atoms with Crippen molar-refractivity contribution < 1.29 is 14.3 Å². The Morgan fingerprint density at radius 1 is 1.03 bits per heavy atom. The van der Waals surface area contributed by atoms with E-state index in [2.05, 4.69) is 27.7 Å². The standard InChI is InChI=1S/C23H27N3O3/c27-22(24-14-17-11-12-26(15-17)20-6-2-1-3-7-20)16-29-21-8-4-5-19(13-21)25-23(28)18-9-10-18/h1-8,13,17-18H,9-12,14-16H2,(H,24,27)(H,25,28). The van der Waals surface area contributed by atoms with Crippen LogP contribution in [0.2, 0.25) is 0 Å². The lowest BCUT2D eigenvalue weighted by molar-refractivity contribution is -0.123. The molecule has 0 bridgehead atoms. The van der Waals surface area contributed by atoms with E-state index in [1.807, 2.05) is 30.3 Å². The van der Waals surface area contributed by atoms with Crippen LogP contribution in [-0.2, 0) is 9.59 Å². The number of para-hydroxylation sites is 1. The number of carbonyl (C=O) groups excluding carboxylic acids is 2. The number of rotatable bonds is 8. The normalized spacial score (nSPS) is 18.3. The summed E-state index contributed by atoms with van der Waals surface area (Å²) in [7, 11) is 0. The molecule has 29 heavy (non-hydrogen) atoms. The Morgan fingerprint density at radius 2 is 1.86 bits per heavy atom. The molecule has 1 atom stereocenters. The Kier molecular flexibility index (Phi) is 5.98. The Morgan fingerprint density at radius 3 is 2.66 bits per heavy atom. The van der Waals surface area contributed by atoms with Crippen molar-refractivity contribution in [2.75, 3.05) is 36.5 Å². The molecule has 6 nitrogen and oxygen atoms in total. The quantitative estimate of drug-likeness (QED) is 0.723. The van der Waals surface area contributed by atoms with Gasteiger partial charge in [-0.25, -0.2) is 0 Å². The van der Waals surface area contributed by atoms with E-state index in [1.165, 1.54) is 5.69 Å². The molecule has 4 rings (SSSR count). The third kappa shape index (κ3) is 5.50. The third-order valence-electron chi connectivity index (χ3n) is 5.41. The summed E-state index contributed by atoms with van der Waals surface area (Å²) in [6, 6.07) is 17.5. The van der Waals surface area contributed by atoms with Gasteiger partial charge in [-0.05, 0) is 49.4 Å². The fraction of sp³-hybridized carbons (Fsp3) is 0.391. The van der Waals surface area contributed by atoms with Gasteiger partial charge in [0, 0.05) is 43.0 Å². The highest BCUT2D eigenvalue weighted by molar-refractivity contribution is 5.94. The van der Waals surface area contributed by atoms with Crippen LogP contribution in [0.4, 0.5) is 11.4 Å². The van der Waals surface area contributed by atoms with Gasteiger partial charge in [0.1, 0.15) is 5.75 Å². The molecule has 1 aliphatic carbocycles. The van der Waals surface area contributed by atoms with Gasteiger partial charge >= 0.3 is 0 Å². The van der Waals surface area contributed by atoms with Gasteiger partial charge in [0.15, 0.2) is 6.61 Å². The molecule has 152 valence electrons. The number of hydrogen-bond acceptors (Lipinski definition) is 4. The summed E-state index contributed by atoms with van der Waals surface area (Å²) in [6.07, 6.45) is 3.00. The van der Waals surface area contributed by atoms with E-state index in [-0.39, 0.29) is 24.3 Å². The van der Waals surface area contributed by atoms with Crippen LogP contribution < -0.4 is 20.3 Å². The molecule has 2 aromatic carbocycles. The zero-order chi connectivity index (χ0) is 20.1. The van der Waals surface area contributed by atoms with Crippen molar-refractivity contribution in [3.05, 3.63) is 54.6 Å². The Balaban J connectivity index is 1.18. The second-order valence-electron chi connectivity index (χ2n) is 7.82. The lowest BCUT2D eigenvalue weighted by Gasteiger charge is -2.18. The number of amides is 2. The molecule has 0 radical (unpaired) electrons. The van der Waals surface area contributed by atoms with Crippen LogP contribution in [0.3, 0.4) is 0 Å². The Hall–Kier alpha value is -3.02. The van der Waals surface area contributed by atoms with Crippen molar-refractivity contribution in [3.63, 3.8) is 0 Å². The van der Waals surface area contributed by atoms with Crippen molar-refractivity contribution >= 4 is 23.2 Å². The van der Waals surface area contributed by atoms with E-state index in [9.17, 15) is 9.59 Å². The van der Waals surface area contributed by atoms with E-state index < -0.39 is 0 Å². The van der Waals surface area contributed by atoms with Gasteiger partial charge in [-0.15, -0.1) is 0 Å². The average molecular weight is 393 g/mol. The smallest absolute Gasteiger partial charge is 0.257 e. The van der Waals surface area contributed by atoms with Gasteiger partial charge in [0.2, 0.25) is 5.91 Å². The third-order valence-corrected chi connectivity index (χ3v) is 5.41. The minimum absolute atomic E-state index is 0.0326. The zero-order valence-electron chi connectivity index (χ0n) is 16.5. The summed E-state index contributed by atoms with van der Waals surface area (Å²) in [6.45, 7) is 2.59. The molecule has 1 aliphatic heterocycles. The van der Waals surface area contributed by atoms with E-state index in [0.29, 0.717) is 23.9 Å². The Labute approximate surface area is 171 Å². The van der Waals surface area contributed by atoms with Gasteiger partial charge in [0.05, 0.1) is 0 Å². The number of nitrogens with one attached hydrogen (secondary N) is 2. The van der Waals surface area contributed by atoms with Crippen LogP contribution in [0.1, 0.15) is 19.3 Å². The first-order valence-corrected chi connectivity index (χ1v) is 10.3. The van der Waals surface area contributed by atoms with Crippen LogP contribution in [0, 0.1) is 11.8 Å². The Bertz CT molecular complexity index is 851. The van der Waals surface area contributed by atoms with Crippen molar-refractivity contribution in [2.24, 2.45) is 11.8 Å². The minimum Gasteiger partial charge on any atom is -0.484 e. The summed E-state index contributed by atoms with van der Waals surface area (Å²) in [5.74, 6) is 1.10. The SMILES string of the molecule is O=C(COc1cccc(NC(=O)C2CC2)c1)NCC1CCN(c2ccccc2)C1. The fourth-order valence-corrected chi connectivity index (χ4v) is 3.58. The minimum atomic E-state index is -0.129. The molecule has 2 aliphatic rings.